The quantitative estimate of drug-likeness (QED) is 0.336. The first kappa shape index (κ1) is 30.4. The zero-order chi connectivity index (χ0) is 28.7. The van der Waals surface area contributed by atoms with Gasteiger partial charge in [-0.3, -0.25) is 13.9 Å². The van der Waals surface area contributed by atoms with Gasteiger partial charge in [-0.1, -0.05) is 65.7 Å². The molecule has 3 rings (SSSR count). The number of rotatable bonds is 11. The number of anilines is 1. The van der Waals surface area contributed by atoms with Crippen LogP contribution in [0.2, 0.25) is 10.0 Å². The fraction of sp³-hybridized carbons (Fsp3) is 0.286. The standard InChI is InChI=1S/C28H30Cl2FN3O4S/c1-19(2)32-28(36)26(14-20-8-5-4-6-9-20)33(17-21-12-13-22(29)15-25(21)30)27(35)18-34(39(3,37)38)24-11-7-10-23(31)16-24/h4-13,15-16,19,26H,14,17-18H2,1-3H3,(H,32,36)/t26-/m1/s1. The Kier molecular flexibility index (Phi) is 10.4. The first-order valence-corrected chi connectivity index (χ1v) is 14.8. The molecule has 0 spiro atoms. The molecule has 7 nitrogen and oxygen atoms in total. The minimum atomic E-state index is -4.00. The van der Waals surface area contributed by atoms with E-state index in [0.717, 1.165) is 22.2 Å². The van der Waals surface area contributed by atoms with Gasteiger partial charge in [-0.2, -0.15) is 0 Å². The maximum atomic E-state index is 14.0. The third kappa shape index (κ3) is 8.68. The summed E-state index contributed by atoms with van der Waals surface area (Å²) in [6.45, 7) is 2.84. The number of nitrogens with zero attached hydrogens (tertiary/aromatic N) is 2. The van der Waals surface area contributed by atoms with Crippen molar-refractivity contribution in [3.63, 3.8) is 0 Å². The maximum absolute atomic E-state index is 14.0. The Hall–Kier alpha value is -3.14. The van der Waals surface area contributed by atoms with Gasteiger partial charge >= 0.3 is 0 Å². The average Bonchev–Trinajstić information content (AvgIpc) is 2.85. The minimum Gasteiger partial charge on any atom is -0.352 e. The van der Waals surface area contributed by atoms with Gasteiger partial charge in [-0.25, -0.2) is 12.8 Å². The van der Waals surface area contributed by atoms with Crippen molar-refractivity contribution in [3.05, 3.63) is 99.8 Å². The molecule has 0 saturated carbocycles. The molecule has 0 bridgehead atoms. The van der Waals surface area contributed by atoms with Gasteiger partial charge in [0, 0.05) is 29.1 Å². The molecule has 0 aliphatic heterocycles. The van der Waals surface area contributed by atoms with E-state index in [0.29, 0.717) is 10.6 Å². The molecule has 208 valence electrons. The molecule has 11 heteroatoms. The van der Waals surface area contributed by atoms with Crippen LogP contribution < -0.4 is 9.62 Å². The van der Waals surface area contributed by atoms with Crippen LogP contribution in [-0.2, 0) is 32.6 Å². The largest absolute Gasteiger partial charge is 0.352 e. The van der Waals surface area contributed by atoms with E-state index in [1.165, 1.54) is 29.2 Å². The van der Waals surface area contributed by atoms with Crippen molar-refractivity contribution in [2.75, 3.05) is 17.1 Å². The van der Waals surface area contributed by atoms with Crippen molar-refractivity contribution in [1.82, 2.24) is 10.2 Å². The first-order valence-electron chi connectivity index (χ1n) is 12.2. The Morgan fingerprint density at radius 2 is 1.67 bits per heavy atom. The smallest absolute Gasteiger partial charge is 0.244 e. The van der Waals surface area contributed by atoms with Crippen LogP contribution in [-0.4, -0.2) is 50.0 Å². The molecular formula is C28H30Cl2FN3O4S. The van der Waals surface area contributed by atoms with Crippen LogP contribution in [0, 0.1) is 5.82 Å². The number of amides is 2. The van der Waals surface area contributed by atoms with E-state index >= 15 is 0 Å². The van der Waals surface area contributed by atoms with Crippen molar-refractivity contribution in [3.8, 4) is 0 Å². The number of hydrogen-bond donors (Lipinski definition) is 1. The van der Waals surface area contributed by atoms with E-state index in [2.05, 4.69) is 5.32 Å². The molecule has 1 atom stereocenters. The highest BCUT2D eigenvalue weighted by molar-refractivity contribution is 7.92. The summed E-state index contributed by atoms with van der Waals surface area (Å²) in [4.78, 5) is 28.7. The first-order chi connectivity index (χ1) is 18.3. The highest BCUT2D eigenvalue weighted by atomic mass is 35.5. The second-order valence-electron chi connectivity index (χ2n) is 9.38. The van der Waals surface area contributed by atoms with Crippen LogP contribution in [0.1, 0.15) is 25.0 Å². The molecule has 0 unspecified atom stereocenters. The summed E-state index contributed by atoms with van der Waals surface area (Å²) in [6.07, 6.45) is 1.09. The molecule has 0 saturated heterocycles. The number of carbonyl (C=O) groups excluding carboxylic acids is 2. The molecule has 39 heavy (non-hydrogen) atoms. The number of halogens is 3. The van der Waals surface area contributed by atoms with Crippen molar-refractivity contribution >= 4 is 50.7 Å². The van der Waals surface area contributed by atoms with Crippen molar-refractivity contribution in [2.45, 2.75) is 38.9 Å². The molecule has 3 aromatic carbocycles. The second-order valence-corrected chi connectivity index (χ2v) is 12.1. The summed E-state index contributed by atoms with van der Waals surface area (Å²) in [5, 5.41) is 3.55. The maximum Gasteiger partial charge on any atom is 0.244 e. The zero-order valence-corrected chi connectivity index (χ0v) is 24.1. The predicted molar refractivity (Wildman–Crippen MR) is 153 cm³/mol. The fourth-order valence-electron chi connectivity index (χ4n) is 4.01. The van der Waals surface area contributed by atoms with Gasteiger partial charge in [0.1, 0.15) is 18.4 Å². The van der Waals surface area contributed by atoms with Crippen molar-refractivity contribution in [2.24, 2.45) is 0 Å². The molecule has 0 heterocycles. The number of benzene rings is 3. The highest BCUT2D eigenvalue weighted by Gasteiger charge is 2.33. The van der Waals surface area contributed by atoms with Gasteiger partial charge in [-0.05, 0) is 55.3 Å². The van der Waals surface area contributed by atoms with E-state index < -0.39 is 40.2 Å². The summed E-state index contributed by atoms with van der Waals surface area (Å²) in [7, 11) is -4.00. The Bertz CT molecular complexity index is 1420. The Morgan fingerprint density at radius 1 is 0.974 bits per heavy atom. The van der Waals surface area contributed by atoms with E-state index in [-0.39, 0.29) is 29.7 Å². The fourth-order valence-corrected chi connectivity index (χ4v) is 5.32. The minimum absolute atomic E-state index is 0.0124. The Labute approximate surface area is 238 Å². The van der Waals surface area contributed by atoms with Gasteiger partial charge in [0.05, 0.1) is 11.9 Å². The number of nitrogens with one attached hydrogen (secondary N) is 1. The van der Waals surface area contributed by atoms with Gasteiger partial charge in [0.15, 0.2) is 0 Å². The summed E-state index contributed by atoms with van der Waals surface area (Å²) in [5.74, 6) is -1.74. The van der Waals surface area contributed by atoms with Crippen LogP contribution in [0.4, 0.5) is 10.1 Å². The summed E-state index contributed by atoms with van der Waals surface area (Å²) < 4.78 is 40.2. The zero-order valence-electron chi connectivity index (χ0n) is 21.8. The molecule has 3 aromatic rings. The van der Waals surface area contributed by atoms with Crippen LogP contribution in [0.15, 0.2) is 72.8 Å². The lowest BCUT2D eigenvalue weighted by atomic mass is 10.0. The van der Waals surface area contributed by atoms with Gasteiger partial charge in [-0.15, -0.1) is 0 Å². The summed E-state index contributed by atoms with van der Waals surface area (Å²) in [6, 6.07) is 17.7. The highest BCUT2D eigenvalue weighted by Crippen LogP contribution is 2.25. The molecule has 0 aliphatic carbocycles. The van der Waals surface area contributed by atoms with E-state index in [4.69, 9.17) is 23.2 Å². The molecule has 0 fully saturated rings. The second kappa shape index (κ2) is 13.3. The van der Waals surface area contributed by atoms with E-state index in [1.54, 1.807) is 26.0 Å². The summed E-state index contributed by atoms with van der Waals surface area (Å²) >= 11 is 12.5. The van der Waals surface area contributed by atoms with Crippen LogP contribution >= 0.6 is 23.2 Å². The van der Waals surface area contributed by atoms with Crippen LogP contribution in [0.3, 0.4) is 0 Å². The molecule has 2 amide bonds. The van der Waals surface area contributed by atoms with E-state index in [9.17, 15) is 22.4 Å². The average molecular weight is 595 g/mol. The van der Waals surface area contributed by atoms with Crippen LogP contribution in [0.5, 0.6) is 0 Å². The number of hydrogen-bond acceptors (Lipinski definition) is 4. The molecule has 0 aliphatic rings. The topological polar surface area (TPSA) is 86.8 Å². The third-order valence-electron chi connectivity index (χ3n) is 5.83. The lowest BCUT2D eigenvalue weighted by molar-refractivity contribution is -0.140. The number of sulfonamides is 1. The van der Waals surface area contributed by atoms with Crippen molar-refractivity contribution < 1.29 is 22.4 Å². The lowest BCUT2D eigenvalue weighted by Crippen LogP contribution is -2.54. The van der Waals surface area contributed by atoms with Crippen molar-refractivity contribution in [1.29, 1.82) is 0 Å². The molecule has 0 radical (unpaired) electrons. The van der Waals surface area contributed by atoms with Gasteiger partial charge in [0.2, 0.25) is 21.8 Å². The Balaban J connectivity index is 2.08. The monoisotopic (exact) mass is 593 g/mol. The third-order valence-corrected chi connectivity index (χ3v) is 7.56. The van der Waals surface area contributed by atoms with Gasteiger partial charge < -0.3 is 10.2 Å². The Morgan fingerprint density at radius 3 is 2.26 bits per heavy atom. The van der Waals surface area contributed by atoms with Gasteiger partial charge in [0.25, 0.3) is 0 Å². The molecular weight excluding hydrogens is 564 g/mol. The molecule has 0 aromatic heterocycles. The SMILES string of the molecule is CC(C)NC(=O)[C@@H](Cc1ccccc1)N(Cc1ccc(Cl)cc1Cl)C(=O)CN(c1cccc(F)c1)S(C)(=O)=O. The van der Waals surface area contributed by atoms with E-state index in [1.807, 2.05) is 30.3 Å². The van der Waals surface area contributed by atoms with Crippen LogP contribution in [0.25, 0.3) is 0 Å². The number of carbonyl (C=O) groups is 2. The predicted octanol–water partition coefficient (Wildman–Crippen LogP) is 5.06. The normalized spacial score (nSPS) is 12.2. The summed E-state index contributed by atoms with van der Waals surface area (Å²) in [5.41, 5.74) is 1.30. The molecule has 1 N–H and O–H groups in total. The lowest BCUT2D eigenvalue weighted by Gasteiger charge is -2.34.